The lowest BCUT2D eigenvalue weighted by Gasteiger charge is -2.04. The van der Waals surface area contributed by atoms with E-state index < -0.39 is 15.7 Å². The minimum atomic E-state index is -3.89. The average Bonchev–Trinajstić information content (AvgIpc) is 2.76. The Labute approximate surface area is 131 Å². The van der Waals surface area contributed by atoms with Crippen molar-refractivity contribution in [3.63, 3.8) is 0 Å². The van der Waals surface area contributed by atoms with Crippen LogP contribution in [0.25, 0.3) is 5.65 Å². The van der Waals surface area contributed by atoms with Gasteiger partial charge in [0.1, 0.15) is 10.5 Å². The molecule has 0 aliphatic rings. The average molecular weight is 337 g/mol. The largest absolute Gasteiger partial charge is 0.281 e. The number of sulfone groups is 1. The van der Waals surface area contributed by atoms with Crippen LogP contribution in [0, 0.1) is 24.3 Å². The van der Waals surface area contributed by atoms with E-state index in [2.05, 4.69) is 10.1 Å². The number of aryl methyl sites for hydroxylation is 2. The number of hydrogen-bond donors (Lipinski definition) is 1. The predicted octanol–water partition coefficient (Wildman–Crippen LogP) is 2.98. The number of rotatable bonds is 2. The molecule has 3 aromatic rings. The highest BCUT2D eigenvalue weighted by molar-refractivity contribution is 7.92. The van der Waals surface area contributed by atoms with Crippen LogP contribution in [0.1, 0.15) is 11.4 Å². The summed E-state index contributed by atoms with van der Waals surface area (Å²) in [5, 5.41) is 2.83. The monoisotopic (exact) mass is 337 g/mol. The number of nitrogens with zero attached hydrogens (tertiary/aromatic N) is 2. The zero-order valence-electron chi connectivity index (χ0n) is 11.8. The van der Waals surface area contributed by atoms with Crippen molar-refractivity contribution in [2.45, 2.75) is 23.6 Å². The van der Waals surface area contributed by atoms with Crippen molar-refractivity contribution in [1.29, 1.82) is 0 Å². The molecule has 114 valence electrons. The maximum atomic E-state index is 13.0. The van der Waals surface area contributed by atoms with Crippen LogP contribution in [0.2, 0.25) is 0 Å². The zero-order chi connectivity index (χ0) is 16.1. The van der Waals surface area contributed by atoms with Gasteiger partial charge in [0.15, 0.2) is 10.5 Å². The van der Waals surface area contributed by atoms with E-state index in [9.17, 15) is 12.8 Å². The smallest absolute Gasteiger partial charge is 0.213 e. The second-order valence-corrected chi connectivity index (χ2v) is 7.22. The van der Waals surface area contributed by atoms with Crippen molar-refractivity contribution in [3.05, 3.63) is 52.2 Å². The Morgan fingerprint density at radius 2 is 1.86 bits per heavy atom. The molecule has 1 N–H and O–H groups in total. The van der Waals surface area contributed by atoms with E-state index in [1.165, 1.54) is 16.6 Å². The van der Waals surface area contributed by atoms with Crippen LogP contribution in [0.3, 0.4) is 0 Å². The summed E-state index contributed by atoms with van der Waals surface area (Å²) in [5.41, 5.74) is 1.71. The third-order valence-corrected chi connectivity index (χ3v) is 5.52. The van der Waals surface area contributed by atoms with Gasteiger partial charge in [-0.05, 0) is 44.2 Å². The highest BCUT2D eigenvalue weighted by Gasteiger charge is 2.25. The number of benzene rings is 1. The summed E-state index contributed by atoms with van der Waals surface area (Å²) in [4.78, 5) is 4.18. The molecule has 0 aliphatic heterocycles. The molecule has 1 aromatic carbocycles. The Hall–Kier alpha value is -2.06. The van der Waals surface area contributed by atoms with E-state index in [0.29, 0.717) is 5.69 Å². The number of halogens is 1. The summed E-state index contributed by atoms with van der Waals surface area (Å²) in [5.74, 6) is -0.504. The summed E-state index contributed by atoms with van der Waals surface area (Å²) in [7, 11) is -3.89. The van der Waals surface area contributed by atoms with Crippen molar-refractivity contribution < 1.29 is 12.8 Å². The van der Waals surface area contributed by atoms with Crippen LogP contribution in [0.4, 0.5) is 4.39 Å². The molecule has 0 aliphatic carbocycles. The summed E-state index contributed by atoms with van der Waals surface area (Å²) in [6.07, 6.45) is 0. The Kier molecular flexibility index (Phi) is 3.37. The highest BCUT2D eigenvalue weighted by atomic mass is 32.2. The lowest BCUT2D eigenvalue weighted by Crippen LogP contribution is -2.04. The molecule has 0 atom stereocenters. The Morgan fingerprint density at radius 3 is 2.50 bits per heavy atom. The van der Waals surface area contributed by atoms with E-state index >= 15 is 0 Å². The van der Waals surface area contributed by atoms with Gasteiger partial charge in [-0.25, -0.2) is 22.3 Å². The number of hydrogen-bond acceptors (Lipinski definition) is 4. The number of fused-ring (bicyclic) bond motifs is 1. The first kappa shape index (κ1) is 14.9. The van der Waals surface area contributed by atoms with Gasteiger partial charge >= 0.3 is 0 Å². The van der Waals surface area contributed by atoms with Gasteiger partial charge in [0.25, 0.3) is 0 Å². The summed E-state index contributed by atoms with van der Waals surface area (Å²) in [6, 6.07) is 6.44. The van der Waals surface area contributed by atoms with Crippen molar-refractivity contribution >= 4 is 27.7 Å². The molecule has 2 heterocycles. The molecule has 0 spiro atoms. The van der Waals surface area contributed by atoms with Crippen LogP contribution in [0.5, 0.6) is 0 Å². The number of aromatic amines is 1. The van der Waals surface area contributed by atoms with Crippen molar-refractivity contribution in [1.82, 2.24) is 14.6 Å². The molecule has 3 rings (SSSR count). The quantitative estimate of drug-likeness (QED) is 0.577. The molecule has 0 radical (unpaired) electrons. The van der Waals surface area contributed by atoms with Gasteiger partial charge in [-0.3, -0.25) is 5.10 Å². The molecule has 0 bridgehead atoms. The second-order valence-electron chi connectivity index (χ2n) is 4.93. The first-order valence-corrected chi connectivity index (χ1v) is 8.29. The van der Waals surface area contributed by atoms with Crippen LogP contribution in [-0.4, -0.2) is 23.0 Å². The van der Waals surface area contributed by atoms with Gasteiger partial charge in [-0.2, -0.15) is 0 Å². The number of H-pyrrole nitrogens is 1. The van der Waals surface area contributed by atoms with Gasteiger partial charge < -0.3 is 0 Å². The zero-order valence-corrected chi connectivity index (χ0v) is 13.4. The summed E-state index contributed by atoms with van der Waals surface area (Å²) in [6.45, 7) is 3.60. The minimum absolute atomic E-state index is 0.0255. The van der Waals surface area contributed by atoms with E-state index in [1.807, 2.05) is 13.0 Å². The maximum absolute atomic E-state index is 13.0. The van der Waals surface area contributed by atoms with E-state index in [4.69, 9.17) is 12.2 Å². The van der Waals surface area contributed by atoms with E-state index in [0.717, 1.165) is 17.8 Å². The fraction of sp³-hybridized carbons (Fsp3) is 0.143. The molecular formula is C14H12FN3O2S2. The first-order chi connectivity index (χ1) is 10.3. The van der Waals surface area contributed by atoms with Crippen LogP contribution in [-0.2, 0) is 9.84 Å². The summed E-state index contributed by atoms with van der Waals surface area (Å²) < 4.78 is 40.2. The lowest BCUT2D eigenvalue weighted by atomic mass is 10.3. The lowest BCUT2D eigenvalue weighted by molar-refractivity contribution is 0.595. The fourth-order valence-electron chi connectivity index (χ4n) is 2.30. The van der Waals surface area contributed by atoms with Crippen molar-refractivity contribution in [2.75, 3.05) is 0 Å². The van der Waals surface area contributed by atoms with Crippen molar-refractivity contribution in [3.8, 4) is 0 Å². The van der Waals surface area contributed by atoms with Crippen molar-refractivity contribution in [2.24, 2.45) is 0 Å². The van der Waals surface area contributed by atoms with Gasteiger partial charge in [-0.15, -0.1) is 0 Å². The molecule has 0 fully saturated rings. The molecule has 8 heteroatoms. The molecule has 0 saturated carbocycles. The van der Waals surface area contributed by atoms with Gasteiger partial charge in [0.2, 0.25) is 9.84 Å². The van der Waals surface area contributed by atoms with E-state index in [1.54, 1.807) is 6.92 Å². The van der Waals surface area contributed by atoms with Gasteiger partial charge in [0, 0.05) is 11.4 Å². The predicted molar refractivity (Wildman–Crippen MR) is 81.7 cm³/mol. The molecule has 0 amide bonds. The minimum Gasteiger partial charge on any atom is -0.281 e. The second kappa shape index (κ2) is 4.99. The number of nitrogens with one attached hydrogen (secondary N) is 1. The topological polar surface area (TPSA) is 67.2 Å². The highest BCUT2D eigenvalue weighted by Crippen LogP contribution is 2.26. The SMILES string of the molecule is Cc1cc(C)n2[nH]c(=S)c(S(=O)(=O)c3ccc(F)cc3)c2n1. The fourth-order valence-corrected chi connectivity index (χ4v) is 4.21. The van der Waals surface area contributed by atoms with Gasteiger partial charge in [-0.1, -0.05) is 12.2 Å². The molecule has 2 aromatic heterocycles. The molecule has 5 nitrogen and oxygen atoms in total. The van der Waals surface area contributed by atoms with Crippen LogP contribution < -0.4 is 0 Å². The molecule has 0 saturated heterocycles. The summed E-state index contributed by atoms with van der Waals surface area (Å²) >= 11 is 5.16. The van der Waals surface area contributed by atoms with Crippen LogP contribution >= 0.6 is 12.2 Å². The Bertz CT molecular complexity index is 1030. The maximum Gasteiger partial charge on any atom is 0.213 e. The number of aromatic nitrogens is 3. The van der Waals surface area contributed by atoms with Crippen LogP contribution in [0.15, 0.2) is 40.1 Å². The molecule has 0 unspecified atom stereocenters. The third-order valence-electron chi connectivity index (χ3n) is 3.28. The normalized spacial score (nSPS) is 12.0. The Balaban J connectivity index is 2.36. The molecular weight excluding hydrogens is 325 g/mol. The third kappa shape index (κ3) is 2.24. The molecule has 22 heavy (non-hydrogen) atoms. The van der Waals surface area contributed by atoms with E-state index in [-0.39, 0.29) is 20.1 Å². The van der Waals surface area contributed by atoms with Gasteiger partial charge in [0.05, 0.1) is 4.90 Å². The Morgan fingerprint density at radius 1 is 1.23 bits per heavy atom. The first-order valence-electron chi connectivity index (χ1n) is 6.40. The standard InChI is InChI=1S/C14H12FN3O2S2/c1-8-7-9(2)18-13(16-8)12(14(21)17-18)22(19,20)11-5-3-10(15)4-6-11/h3-7H,1-2H3,(H,17,21).